The van der Waals surface area contributed by atoms with E-state index in [-0.39, 0.29) is 23.1 Å². The number of amides is 1. The van der Waals surface area contributed by atoms with Gasteiger partial charge in [-0.25, -0.2) is 0 Å². The summed E-state index contributed by atoms with van der Waals surface area (Å²) >= 11 is 0. The third kappa shape index (κ3) is 3.99. The molecular weight excluding hydrogens is 352 g/mol. The summed E-state index contributed by atoms with van der Waals surface area (Å²) in [6.45, 7) is 2.53. The summed E-state index contributed by atoms with van der Waals surface area (Å²) in [5.74, 6) is -0.310. The lowest BCUT2D eigenvalue weighted by Gasteiger charge is -2.35. The zero-order valence-electron chi connectivity index (χ0n) is 15.8. The number of carbonyl (C=O) groups excluding carboxylic acids is 1. The van der Waals surface area contributed by atoms with Crippen LogP contribution in [-0.2, 0) is 0 Å². The van der Waals surface area contributed by atoms with Crippen molar-refractivity contribution in [1.82, 2.24) is 10.2 Å². The molecule has 144 valence electrons. The third-order valence-electron chi connectivity index (χ3n) is 5.33. The molecule has 1 atom stereocenters. The largest absolute Gasteiger partial charge is 0.451 e. The molecule has 1 N–H and O–H groups in total. The standard InChI is InChI=1S/C23H24N2O3/c26-20-15-22(28-21-12-6-5-11-18(20)21)23(27)24-16-19(17-9-3-1-4-10-17)25-13-7-2-8-14-25/h1,3-6,9-12,15,19H,2,7-8,13-14,16H2,(H,24,27). The van der Waals surface area contributed by atoms with Gasteiger partial charge in [0.1, 0.15) is 5.58 Å². The van der Waals surface area contributed by atoms with Crippen molar-refractivity contribution in [2.45, 2.75) is 25.3 Å². The summed E-state index contributed by atoms with van der Waals surface area (Å²) in [6.07, 6.45) is 3.61. The Balaban J connectivity index is 1.53. The average Bonchev–Trinajstić information content (AvgIpc) is 2.75. The van der Waals surface area contributed by atoms with Crippen molar-refractivity contribution in [2.24, 2.45) is 0 Å². The van der Waals surface area contributed by atoms with Crippen LogP contribution in [0.1, 0.15) is 41.4 Å². The molecule has 1 unspecified atom stereocenters. The first-order valence-electron chi connectivity index (χ1n) is 9.82. The maximum absolute atomic E-state index is 12.7. The van der Waals surface area contributed by atoms with E-state index in [9.17, 15) is 9.59 Å². The Hall–Kier alpha value is -2.92. The number of hydrogen-bond donors (Lipinski definition) is 1. The Morgan fingerprint density at radius 3 is 2.50 bits per heavy atom. The van der Waals surface area contributed by atoms with Crippen LogP contribution in [0.5, 0.6) is 0 Å². The topological polar surface area (TPSA) is 62.6 Å². The summed E-state index contributed by atoms with van der Waals surface area (Å²) in [5.41, 5.74) is 1.41. The second kappa shape index (κ2) is 8.40. The van der Waals surface area contributed by atoms with Crippen molar-refractivity contribution in [3.63, 3.8) is 0 Å². The van der Waals surface area contributed by atoms with Gasteiger partial charge in [-0.3, -0.25) is 14.5 Å². The number of para-hydroxylation sites is 1. The zero-order chi connectivity index (χ0) is 19.3. The van der Waals surface area contributed by atoms with Crippen LogP contribution in [0.2, 0.25) is 0 Å². The van der Waals surface area contributed by atoms with E-state index >= 15 is 0 Å². The number of nitrogens with zero attached hydrogens (tertiary/aromatic N) is 1. The second-order valence-electron chi connectivity index (χ2n) is 7.20. The molecule has 0 aliphatic carbocycles. The molecule has 2 aromatic carbocycles. The third-order valence-corrected chi connectivity index (χ3v) is 5.33. The molecule has 5 nitrogen and oxygen atoms in total. The van der Waals surface area contributed by atoms with Crippen LogP contribution >= 0.6 is 0 Å². The lowest BCUT2D eigenvalue weighted by Crippen LogP contribution is -2.40. The summed E-state index contributed by atoms with van der Waals surface area (Å²) in [6, 6.07) is 18.6. The van der Waals surface area contributed by atoms with Crippen molar-refractivity contribution in [2.75, 3.05) is 19.6 Å². The SMILES string of the molecule is O=C(NCC(c1ccccc1)N1CCCCC1)c1cc(=O)c2ccccc2o1. The number of rotatable bonds is 5. The highest BCUT2D eigenvalue weighted by Gasteiger charge is 2.23. The van der Waals surface area contributed by atoms with Gasteiger partial charge in [0, 0.05) is 12.6 Å². The van der Waals surface area contributed by atoms with E-state index in [0.29, 0.717) is 17.5 Å². The van der Waals surface area contributed by atoms with E-state index in [1.54, 1.807) is 24.3 Å². The summed E-state index contributed by atoms with van der Waals surface area (Å²) < 4.78 is 5.66. The summed E-state index contributed by atoms with van der Waals surface area (Å²) in [7, 11) is 0. The number of likely N-dealkylation sites (tertiary alicyclic amines) is 1. The Bertz CT molecular complexity index is 1010. The van der Waals surface area contributed by atoms with E-state index < -0.39 is 0 Å². The van der Waals surface area contributed by atoms with Gasteiger partial charge in [0.15, 0.2) is 11.2 Å². The van der Waals surface area contributed by atoms with Crippen molar-refractivity contribution in [3.05, 3.63) is 82.2 Å². The van der Waals surface area contributed by atoms with E-state index in [1.165, 1.54) is 30.9 Å². The maximum Gasteiger partial charge on any atom is 0.287 e. The highest BCUT2D eigenvalue weighted by Crippen LogP contribution is 2.24. The normalized spacial score (nSPS) is 16.0. The maximum atomic E-state index is 12.7. The smallest absolute Gasteiger partial charge is 0.287 e. The molecule has 5 heteroatoms. The fraction of sp³-hybridized carbons (Fsp3) is 0.304. The van der Waals surface area contributed by atoms with E-state index in [1.807, 2.05) is 18.2 Å². The Labute approximate surface area is 164 Å². The van der Waals surface area contributed by atoms with Gasteiger partial charge in [0.2, 0.25) is 0 Å². The summed E-state index contributed by atoms with van der Waals surface area (Å²) in [4.78, 5) is 27.4. The first-order valence-corrected chi connectivity index (χ1v) is 9.82. The molecule has 1 saturated heterocycles. The molecule has 1 aliphatic heterocycles. The van der Waals surface area contributed by atoms with Crippen molar-refractivity contribution in [1.29, 1.82) is 0 Å². The predicted molar refractivity (Wildman–Crippen MR) is 109 cm³/mol. The number of nitrogens with one attached hydrogen (secondary N) is 1. The van der Waals surface area contributed by atoms with E-state index in [0.717, 1.165) is 13.1 Å². The van der Waals surface area contributed by atoms with Crippen molar-refractivity contribution >= 4 is 16.9 Å². The zero-order valence-corrected chi connectivity index (χ0v) is 15.8. The van der Waals surface area contributed by atoms with Gasteiger partial charge >= 0.3 is 0 Å². The minimum absolute atomic E-state index is 0.0501. The molecule has 2 heterocycles. The second-order valence-corrected chi connectivity index (χ2v) is 7.20. The quantitative estimate of drug-likeness (QED) is 0.737. The van der Waals surface area contributed by atoms with Crippen LogP contribution in [0.15, 0.2) is 69.9 Å². The molecule has 1 amide bonds. The van der Waals surface area contributed by atoms with Crippen molar-refractivity contribution < 1.29 is 9.21 Å². The minimum atomic E-state index is -0.360. The van der Waals surface area contributed by atoms with Crippen LogP contribution in [0.25, 0.3) is 11.0 Å². The molecule has 0 spiro atoms. The Kier molecular flexibility index (Phi) is 5.53. The molecule has 4 rings (SSSR count). The van der Waals surface area contributed by atoms with Gasteiger partial charge in [-0.1, -0.05) is 48.9 Å². The van der Waals surface area contributed by atoms with Crippen LogP contribution in [0, 0.1) is 0 Å². The lowest BCUT2D eigenvalue weighted by atomic mass is 10.0. The Morgan fingerprint density at radius 2 is 1.71 bits per heavy atom. The van der Waals surface area contributed by atoms with E-state index in [4.69, 9.17) is 4.42 Å². The van der Waals surface area contributed by atoms with Gasteiger partial charge in [-0.05, 0) is 43.6 Å². The number of carbonyl (C=O) groups is 1. The first-order chi connectivity index (χ1) is 13.7. The fourth-order valence-electron chi connectivity index (χ4n) is 3.86. The van der Waals surface area contributed by atoms with Crippen molar-refractivity contribution in [3.8, 4) is 0 Å². The molecule has 1 fully saturated rings. The number of hydrogen-bond acceptors (Lipinski definition) is 4. The van der Waals surface area contributed by atoms with Gasteiger partial charge in [0.25, 0.3) is 5.91 Å². The molecule has 0 radical (unpaired) electrons. The lowest BCUT2D eigenvalue weighted by molar-refractivity contribution is 0.0897. The highest BCUT2D eigenvalue weighted by molar-refractivity contribution is 5.93. The van der Waals surface area contributed by atoms with Gasteiger partial charge in [-0.15, -0.1) is 0 Å². The monoisotopic (exact) mass is 376 g/mol. The van der Waals surface area contributed by atoms with Crippen LogP contribution in [0.4, 0.5) is 0 Å². The average molecular weight is 376 g/mol. The molecule has 0 saturated carbocycles. The molecule has 1 aliphatic rings. The Morgan fingerprint density at radius 1 is 1.00 bits per heavy atom. The number of fused-ring (bicyclic) bond motifs is 1. The van der Waals surface area contributed by atoms with Crippen LogP contribution in [-0.4, -0.2) is 30.4 Å². The fourth-order valence-corrected chi connectivity index (χ4v) is 3.86. The number of piperidine rings is 1. The van der Waals surface area contributed by atoms with Gasteiger partial charge in [-0.2, -0.15) is 0 Å². The van der Waals surface area contributed by atoms with Gasteiger partial charge < -0.3 is 9.73 Å². The first kappa shape index (κ1) is 18.4. The van der Waals surface area contributed by atoms with Crippen LogP contribution < -0.4 is 10.7 Å². The molecular formula is C23H24N2O3. The molecule has 3 aromatic rings. The summed E-state index contributed by atoms with van der Waals surface area (Å²) in [5, 5.41) is 3.45. The van der Waals surface area contributed by atoms with E-state index in [2.05, 4.69) is 22.3 Å². The van der Waals surface area contributed by atoms with Crippen LogP contribution in [0.3, 0.4) is 0 Å². The molecule has 28 heavy (non-hydrogen) atoms. The minimum Gasteiger partial charge on any atom is -0.451 e. The highest BCUT2D eigenvalue weighted by atomic mass is 16.3. The molecule has 0 bridgehead atoms. The number of benzene rings is 2. The molecule has 1 aromatic heterocycles. The van der Waals surface area contributed by atoms with Gasteiger partial charge in [0.05, 0.1) is 11.4 Å². The predicted octanol–water partition coefficient (Wildman–Crippen LogP) is 3.75.